The van der Waals surface area contributed by atoms with Gasteiger partial charge in [0.1, 0.15) is 24.5 Å². The first kappa shape index (κ1) is 33.5. The summed E-state index contributed by atoms with van der Waals surface area (Å²) in [4.78, 5) is 36.0. The second-order valence-corrected chi connectivity index (χ2v) is 11.5. The number of methoxy groups -OCH3 is 1. The number of carbonyl (C=O) groups excluding carboxylic acids is 2. The molecule has 0 spiro atoms. The zero-order valence-electron chi connectivity index (χ0n) is 26.9. The molecule has 2 aromatic carbocycles. The van der Waals surface area contributed by atoms with Gasteiger partial charge in [0, 0.05) is 37.9 Å². The van der Waals surface area contributed by atoms with Gasteiger partial charge in [-0.3, -0.25) is 9.59 Å². The van der Waals surface area contributed by atoms with Gasteiger partial charge in [-0.15, -0.1) is 0 Å². The molecule has 2 aliphatic rings. The van der Waals surface area contributed by atoms with E-state index in [1.54, 1.807) is 68.2 Å². The van der Waals surface area contributed by atoms with Crippen molar-refractivity contribution in [3.63, 3.8) is 0 Å². The van der Waals surface area contributed by atoms with Crippen molar-refractivity contribution < 1.29 is 14.3 Å². The Hall–Kier alpha value is -6.84. The molecule has 4 heterocycles. The molecule has 2 aliphatic heterocycles. The van der Waals surface area contributed by atoms with Crippen molar-refractivity contribution in [2.75, 3.05) is 43.9 Å². The molecule has 0 saturated carbocycles. The molecule has 0 aliphatic carbocycles. The molecule has 6 rings (SSSR count). The second-order valence-electron chi connectivity index (χ2n) is 11.5. The number of nitriles is 4. The first-order valence-corrected chi connectivity index (χ1v) is 15.3. The Labute approximate surface area is 282 Å². The largest absolute Gasteiger partial charge is 0.495 e. The number of anilines is 2. The minimum atomic E-state index is -0.209. The van der Waals surface area contributed by atoms with Gasteiger partial charge in [-0.1, -0.05) is 0 Å². The Kier molecular flexibility index (Phi) is 10.4. The standard InChI is InChI=1S/C17H16N6O2.C17H16N6O/c1-25-15-6-14(3-2-12(15)7-18)23-9-16(20-11-23)21-17(24)13-4-5-22(8-13)10-19;1-12-6-15(3-2-13(12)7-18)23-9-16(20-11-23)21-17(24)14-4-5-22(8-14)10-19/h2-3,6,9,11,13H,4-5,8H2,1H3,(H,21,24);2-3,6,9,11,14H,4-5,8H2,1H3,(H,21,24)/t13-;14-/m00/s1. The van der Waals surface area contributed by atoms with Crippen LogP contribution in [0.4, 0.5) is 11.6 Å². The number of ether oxygens (including phenoxy) is 1. The SMILES string of the molecule is COc1cc(-n2cnc(NC(=O)[C@H]3CCN(C#N)C3)c2)ccc1C#N.Cc1cc(-n2cnc(NC(=O)[C@H]3CCN(C#N)C3)c2)ccc1C#N. The minimum Gasteiger partial charge on any atom is -0.495 e. The number of aromatic nitrogens is 4. The van der Waals surface area contributed by atoms with E-state index in [2.05, 4.69) is 45.1 Å². The number of benzene rings is 2. The monoisotopic (exact) mass is 656 g/mol. The summed E-state index contributed by atoms with van der Waals surface area (Å²) in [7, 11) is 1.51. The fraction of sp³-hybridized carbons (Fsp3) is 0.294. The summed E-state index contributed by atoms with van der Waals surface area (Å²) in [6.07, 6.45) is 12.1. The summed E-state index contributed by atoms with van der Waals surface area (Å²) in [5.74, 6) is 0.726. The van der Waals surface area contributed by atoms with Crippen LogP contribution in [0, 0.1) is 64.3 Å². The lowest BCUT2D eigenvalue weighted by Gasteiger charge is -2.09. The van der Waals surface area contributed by atoms with Crippen LogP contribution in [0.5, 0.6) is 5.75 Å². The van der Waals surface area contributed by atoms with Crippen LogP contribution < -0.4 is 15.4 Å². The van der Waals surface area contributed by atoms with Crippen molar-refractivity contribution >= 4 is 23.5 Å². The predicted octanol–water partition coefficient (Wildman–Crippen LogP) is 3.29. The fourth-order valence-electron chi connectivity index (χ4n) is 5.51. The maximum atomic E-state index is 12.3. The lowest BCUT2D eigenvalue weighted by molar-refractivity contribution is -0.120. The number of aryl methyl sites for hydroxylation is 1. The third-order valence-corrected chi connectivity index (χ3v) is 8.30. The lowest BCUT2D eigenvalue weighted by Crippen LogP contribution is -2.25. The molecule has 2 fully saturated rings. The summed E-state index contributed by atoms with van der Waals surface area (Å²) in [5, 5.41) is 41.3. The van der Waals surface area contributed by atoms with Crippen molar-refractivity contribution in [2.24, 2.45) is 11.8 Å². The molecule has 15 nitrogen and oxygen atoms in total. The van der Waals surface area contributed by atoms with E-state index in [9.17, 15) is 9.59 Å². The summed E-state index contributed by atoms with van der Waals surface area (Å²) >= 11 is 0. The Balaban J connectivity index is 0.000000191. The van der Waals surface area contributed by atoms with Gasteiger partial charge >= 0.3 is 0 Å². The molecule has 15 heteroatoms. The Morgan fingerprint density at radius 1 is 0.776 bits per heavy atom. The predicted molar refractivity (Wildman–Crippen MR) is 176 cm³/mol. The molecular weight excluding hydrogens is 624 g/mol. The number of nitrogens with one attached hydrogen (secondary N) is 2. The molecule has 2 aromatic heterocycles. The molecule has 2 atom stereocenters. The van der Waals surface area contributed by atoms with Crippen molar-refractivity contribution in [3.05, 3.63) is 78.1 Å². The maximum Gasteiger partial charge on any atom is 0.230 e. The molecule has 0 unspecified atom stereocenters. The zero-order valence-corrected chi connectivity index (χ0v) is 26.9. The summed E-state index contributed by atoms with van der Waals surface area (Å²) < 4.78 is 8.72. The maximum absolute atomic E-state index is 12.3. The highest BCUT2D eigenvalue weighted by molar-refractivity contribution is 5.92. The van der Waals surface area contributed by atoms with Crippen molar-refractivity contribution in [1.82, 2.24) is 28.9 Å². The van der Waals surface area contributed by atoms with E-state index >= 15 is 0 Å². The summed E-state index contributed by atoms with van der Waals surface area (Å²) in [6.45, 7) is 4.00. The molecule has 2 amide bonds. The number of imidazole rings is 2. The van der Waals surface area contributed by atoms with Gasteiger partial charge in [0.15, 0.2) is 24.0 Å². The van der Waals surface area contributed by atoms with Crippen LogP contribution >= 0.6 is 0 Å². The summed E-state index contributed by atoms with van der Waals surface area (Å²) in [5.41, 5.74) is 3.60. The van der Waals surface area contributed by atoms with Crippen LogP contribution in [0.3, 0.4) is 0 Å². The average molecular weight is 657 g/mol. The Morgan fingerprint density at radius 3 is 1.69 bits per heavy atom. The lowest BCUT2D eigenvalue weighted by atomic mass is 10.1. The average Bonchev–Trinajstić information content (AvgIpc) is 3.95. The Morgan fingerprint density at radius 2 is 1.27 bits per heavy atom. The number of carbonyl (C=O) groups is 2. The highest BCUT2D eigenvalue weighted by Gasteiger charge is 2.29. The van der Waals surface area contributed by atoms with E-state index in [1.165, 1.54) is 7.11 Å². The number of hydrogen-bond acceptors (Lipinski definition) is 11. The van der Waals surface area contributed by atoms with Gasteiger partial charge < -0.3 is 34.3 Å². The molecule has 0 bridgehead atoms. The number of hydrogen-bond donors (Lipinski definition) is 2. The van der Waals surface area contributed by atoms with Crippen LogP contribution in [0.25, 0.3) is 11.4 Å². The number of nitrogens with zero attached hydrogens (tertiary/aromatic N) is 10. The van der Waals surface area contributed by atoms with Crippen molar-refractivity contribution in [1.29, 1.82) is 21.0 Å². The Bertz CT molecular complexity index is 2020. The highest BCUT2D eigenvalue weighted by atomic mass is 16.5. The van der Waals surface area contributed by atoms with Crippen molar-refractivity contribution in [3.8, 4) is 41.6 Å². The molecular formula is C34H32N12O3. The highest BCUT2D eigenvalue weighted by Crippen LogP contribution is 2.24. The molecule has 0 radical (unpaired) electrons. The zero-order chi connectivity index (χ0) is 34.9. The van der Waals surface area contributed by atoms with E-state index in [4.69, 9.17) is 25.8 Å². The third-order valence-electron chi connectivity index (χ3n) is 8.30. The van der Waals surface area contributed by atoms with E-state index < -0.39 is 0 Å². The second kappa shape index (κ2) is 15.2. The quantitative estimate of drug-likeness (QED) is 0.276. The fourth-order valence-corrected chi connectivity index (χ4v) is 5.51. The number of likely N-dealkylation sites (tertiary alicyclic amines) is 2. The minimum absolute atomic E-state index is 0.117. The molecule has 49 heavy (non-hydrogen) atoms. The normalized spacial score (nSPS) is 16.3. The van der Waals surface area contributed by atoms with Gasteiger partial charge in [0.2, 0.25) is 11.8 Å². The van der Waals surface area contributed by atoms with Crippen molar-refractivity contribution in [2.45, 2.75) is 19.8 Å². The first-order chi connectivity index (χ1) is 23.7. The van der Waals surface area contributed by atoms with Crippen LogP contribution in [0.1, 0.15) is 29.5 Å². The third kappa shape index (κ3) is 7.94. The smallest absolute Gasteiger partial charge is 0.230 e. The van der Waals surface area contributed by atoms with Crippen LogP contribution in [-0.2, 0) is 9.59 Å². The van der Waals surface area contributed by atoms with Crippen LogP contribution in [0.15, 0.2) is 61.4 Å². The molecule has 2 N–H and O–H groups in total. The van der Waals surface area contributed by atoms with Gasteiger partial charge in [0.05, 0.1) is 54.2 Å². The van der Waals surface area contributed by atoms with E-state index in [0.29, 0.717) is 67.5 Å². The summed E-state index contributed by atoms with van der Waals surface area (Å²) in [6, 6.07) is 14.9. The van der Waals surface area contributed by atoms with Gasteiger partial charge in [0.25, 0.3) is 0 Å². The molecule has 4 aromatic rings. The number of amides is 2. The van der Waals surface area contributed by atoms with Gasteiger partial charge in [-0.2, -0.15) is 21.0 Å². The first-order valence-electron chi connectivity index (χ1n) is 15.3. The van der Waals surface area contributed by atoms with E-state index in [-0.39, 0.29) is 23.7 Å². The van der Waals surface area contributed by atoms with E-state index in [0.717, 1.165) is 16.9 Å². The number of rotatable bonds is 7. The van der Waals surface area contributed by atoms with Crippen LogP contribution in [0.2, 0.25) is 0 Å². The van der Waals surface area contributed by atoms with Gasteiger partial charge in [-0.25, -0.2) is 9.97 Å². The molecule has 246 valence electrons. The van der Waals surface area contributed by atoms with Crippen LogP contribution in [-0.4, -0.2) is 74.0 Å². The topological polar surface area (TPSA) is 205 Å². The molecule has 2 saturated heterocycles. The van der Waals surface area contributed by atoms with E-state index in [1.807, 2.05) is 19.1 Å². The van der Waals surface area contributed by atoms with Gasteiger partial charge in [-0.05, 0) is 55.7 Å².